The summed E-state index contributed by atoms with van der Waals surface area (Å²) < 4.78 is 1.91. The van der Waals surface area contributed by atoms with E-state index in [4.69, 9.17) is 12.2 Å². The Bertz CT molecular complexity index is 964. The van der Waals surface area contributed by atoms with Crippen molar-refractivity contribution in [3.05, 3.63) is 71.3 Å². The molecule has 0 saturated carbocycles. The lowest BCUT2D eigenvalue weighted by Crippen LogP contribution is -2.07. The average Bonchev–Trinajstić information content (AvgIpc) is 3.10. The molecule has 3 aromatic rings. The van der Waals surface area contributed by atoms with E-state index in [1.807, 2.05) is 41.1 Å². The molecule has 0 atom stereocenters. The standard InChI is InChI=1S/C22H23N3O2S/c1-2-3-4-9-21-23-20(15-28)24-25(21)14-16-10-12-17(13-11-16)18-7-5-6-8-19(18)22(26)27/h5-8,10-13,15H,2-4,9,14H2,1H3,(H,26,27). The molecule has 6 heteroatoms. The van der Waals surface area contributed by atoms with Crippen molar-refractivity contribution in [1.29, 1.82) is 0 Å². The molecule has 0 spiro atoms. The highest BCUT2D eigenvalue weighted by atomic mass is 32.1. The van der Waals surface area contributed by atoms with Gasteiger partial charge in [0.1, 0.15) is 5.82 Å². The molecular formula is C22H23N3O2S. The number of aryl methyl sites for hydroxylation is 1. The van der Waals surface area contributed by atoms with Crippen LogP contribution in [0.15, 0.2) is 48.5 Å². The number of benzene rings is 2. The zero-order chi connectivity index (χ0) is 19.9. The Morgan fingerprint density at radius 2 is 1.89 bits per heavy atom. The van der Waals surface area contributed by atoms with Gasteiger partial charge in [0.05, 0.1) is 12.1 Å². The molecule has 144 valence electrons. The molecule has 2 aromatic carbocycles. The second-order valence-electron chi connectivity index (χ2n) is 6.67. The van der Waals surface area contributed by atoms with Gasteiger partial charge in [-0.25, -0.2) is 14.5 Å². The monoisotopic (exact) mass is 393 g/mol. The van der Waals surface area contributed by atoms with E-state index in [-0.39, 0.29) is 0 Å². The molecular weight excluding hydrogens is 370 g/mol. The van der Waals surface area contributed by atoms with E-state index in [0.29, 0.717) is 23.5 Å². The van der Waals surface area contributed by atoms with Gasteiger partial charge in [0, 0.05) is 11.8 Å². The SMILES string of the molecule is CCCCCc1nc(C=S)nn1Cc1ccc(-c2ccccc2C(=O)O)cc1. The van der Waals surface area contributed by atoms with Gasteiger partial charge in [-0.2, -0.15) is 5.10 Å². The van der Waals surface area contributed by atoms with Crippen LogP contribution in [-0.2, 0) is 13.0 Å². The molecule has 0 unspecified atom stereocenters. The molecule has 0 fully saturated rings. The highest BCUT2D eigenvalue weighted by molar-refractivity contribution is 7.79. The second kappa shape index (κ2) is 9.37. The number of thiocarbonyl (C=S) groups is 1. The fraction of sp³-hybridized carbons (Fsp3) is 0.273. The highest BCUT2D eigenvalue weighted by Crippen LogP contribution is 2.24. The Kier molecular flexibility index (Phi) is 6.66. The molecule has 0 aliphatic carbocycles. The van der Waals surface area contributed by atoms with E-state index in [1.165, 1.54) is 5.37 Å². The van der Waals surface area contributed by atoms with E-state index in [1.54, 1.807) is 12.1 Å². The number of hydrogen-bond donors (Lipinski definition) is 1. The van der Waals surface area contributed by atoms with Crippen molar-refractivity contribution in [2.45, 2.75) is 39.2 Å². The summed E-state index contributed by atoms with van der Waals surface area (Å²) in [4.78, 5) is 16.0. The van der Waals surface area contributed by atoms with Gasteiger partial charge in [-0.05, 0) is 29.2 Å². The van der Waals surface area contributed by atoms with Gasteiger partial charge < -0.3 is 5.11 Å². The minimum atomic E-state index is -0.924. The second-order valence-corrected chi connectivity index (χ2v) is 6.90. The largest absolute Gasteiger partial charge is 0.478 e. The van der Waals surface area contributed by atoms with Crippen molar-refractivity contribution in [2.75, 3.05) is 0 Å². The topological polar surface area (TPSA) is 68.0 Å². The molecule has 28 heavy (non-hydrogen) atoms. The number of aromatic nitrogens is 3. The Balaban J connectivity index is 1.81. The Morgan fingerprint density at radius 3 is 2.57 bits per heavy atom. The molecule has 1 N–H and O–H groups in total. The third kappa shape index (κ3) is 4.70. The predicted octanol–water partition coefficient (Wildman–Crippen LogP) is 4.77. The zero-order valence-electron chi connectivity index (χ0n) is 15.8. The van der Waals surface area contributed by atoms with Crippen molar-refractivity contribution in [1.82, 2.24) is 14.8 Å². The number of carbonyl (C=O) groups is 1. The van der Waals surface area contributed by atoms with Crippen LogP contribution in [-0.4, -0.2) is 31.2 Å². The van der Waals surface area contributed by atoms with Crippen molar-refractivity contribution in [2.24, 2.45) is 0 Å². The average molecular weight is 394 g/mol. The maximum Gasteiger partial charge on any atom is 0.336 e. The zero-order valence-corrected chi connectivity index (χ0v) is 16.7. The molecule has 0 radical (unpaired) electrons. The van der Waals surface area contributed by atoms with Crippen LogP contribution in [0, 0.1) is 0 Å². The van der Waals surface area contributed by atoms with Gasteiger partial charge in [-0.1, -0.05) is 74.4 Å². The summed E-state index contributed by atoms with van der Waals surface area (Å²) in [7, 11) is 0. The molecule has 0 saturated heterocycles. The van der Waals surface area contributed by atoms with Crippen LogP contribution in [0.4, 0.5) is 0 Å². The molecule has 1 aromatic heterocycles. The van der Waals surface area contributed by atoms with Crippen molar-refractivity contribution < 1.29 is 9.90 Å². The van der Waals surface area contributed by atoms with Crippen LogP contribution in [0.1, 0.15) is 53.8 Å². The molecule has 3 rings (SSSR count). The van der Waals surface area contributed by atoms with Crippen LogP contribution < -0.4 is 0 Å². The minimum absolute atomic E-state index is 0.301. The molecule has 0 bridgehead atoms. The maximum absolute atomic E-state index is 11.4. The fourth-order valence-corrected chi connectivity index (χ4v) is 3.27. The highest BCUT2D eigenvalue weighted by Gasteiger charge is 2.12. The number of unbranched alkanes of at least 4 members (excludes halogenated alkanes) is 2. The first-order valence-corrected chi connectivity index (χ1v) is 9.90. The van der Waals surface area contributed by atoms with Crippen LogP contribution >= 0.6 is 12.2 Å². The van der Waals surface area contributed by atoms with E-state index >= 15 is 0 Å². The number of nitrogens with zero attached hydrogens (tertiary/aromatic N) is 3. The third-order valence-electron chi connectivity index (χ3n) is 4.63. The van der Waals surface area contributed by atoms with E-state index in [0.717, 1.165) is 42.6 Å². The summed E-state index contributed by atoms with van der Waals surface area (Å²) in [6.45, 7) is 2.79. The van der Waals surface area contributed by atoms with Gasteiger partial charge >= 0.3 is 5.97 Å². The molecule has 5 nitrogen and oxygen atoms in total. The van der Waals surface area contributed by atoms with E-state index in [2.05, 4.69) is 17.0 Å². The summed E-state index contributed by atoms with van der Waals surface area (Å²) in [6, 6.07) is 14.9. The van der Waals surface area contributed by atoms with Crippen LogP contribution in [0.3, 0.4) is 0 Å². The first-order valence-electron chi connectivity index (χ1n) is 9.43. The molecule has 1 heterocycles. The lowest BCUT2D eigenvalue weighted by Gasteiger charge is -2.09. The summed E-state index contributed by atoms with van der Waals surface area (Å²) in [5, 5.41) is 15.4. The Hall–Kier alpha value is -2.86. The summed E-state index contributed by atoms with van der Waals surface area (Å²) >= 11 is 4.98. The van der Waals surface area contributed by atoms with E-state index in [9.17, 15) is 9.90 Å². The Labute approximate surface area is 170 Å². The van der Waals surface area contributed by atoms with Gasteiger partial charge in [-0.15, -0.1) is 0 Å². The maximum atomic E-state index is 11.4. The third-order valence-corrected chi connectivity index (χ3v) is 4.84. The van der Waals surface area contributed by atoms with Crippen LogP contribution in [0.5, 0.6) is 0 Å². The van der Waals surface area contributed by atoms with E-state index < -0.39 is 5.97 Å². The van der Waals surface area contributed by atoms with Crippen LogP contribution in [0.25, 0.3) is 11.1 Å². The normalized spacial score (nSPS) is 10.8. The number of aromatic carboxylic acids is 1. The lowest BCUT2D eigenvalue weighted by atomic mass is 9.99. The Morgan fingerprint density at radius 1 is 1.14 bits per heavy atom. The first kappa shape index (κ1) is 19.9. The number of carboxylic acid groups (broad SMARTS) is 1. The molecule has 0 aliphatic heterocycles. The van der Waals surface area contributed by atoms with Crippen molar-refractivity contribution >= 4 is 23.6 Å². The van der Waals surface area contributed by atoms with Gasteiger partial charge in [0.15, 0.2) is 5.82 Å². The molecule has 0 amide bonds. The van der Waals surface area contributed by atoms with Crippen molar-refractivity contribution in [3.8, 4) is 11.1 Å². The predicted molar refractivity (Wildman–Crippen MR) is 114 cm³/mol. The lowest BCUT2D eigenvalue weighted by molar-refractivity contribution is 0.0697. The fourth-order valence-electron chi connectivity index (χ4n) is 3.17. The van der Waals surface area contributed by atoms with Gasteiger partial charge in [-0.3, -0.25) is 0 Å². The molecule has 0 aliphatic rings. The van der Waals surface area contributed by atoms with Gasteiger partial charge in [0.2, 0.25) is 0 Å². The number of rotatable bonds is 9. The first-order chi connectivity index (χ1) is 13.6. The minimum Gasteiger partial charge on any atom is -0.478 e. The number of hydrogen-bond acceptors (Lipinski definition) is 4. The summed E-state index contributed by atoms with van der Waals surface area (Å²) in [5.74, 6) is 0.602. The van der Waals surface area contributed by atoms with Gasteiger partial charge in [0.25, 0.3) is 0 Å². The summed E-state index contributed by atoms with van der Waals surface area (Å²) in [6.07, 6.45) is 4.29. The summed E-state index contributed by atoms with van der Waals surface area (Å²) in [5.41, 5.74) is 2.97. The smallest absolute Gasteiger partial charge is 0.336 e. The van der Waals surface area contributed by atoms with Crippen molar-refractivity contribution in [3.63, 3.8) is 0 Å². The quantitative estimate of drug-likeness (QED) is 0.419. The van der Waals surface area contributed by atoms with Crippen LogP contribution in [0.2, 0.25) is 0 Å². The number of carboxylic acids is 1.